The summed E-state index contributed by atoms with van der Waals surface area (Å²) in [5.41, 5.74) is 8.52. The largest absolute Gasteiger partial charge is 0.459 e. The van der Waals surface area contributed by atoms with Gasteiger partial charge in [0.25, 0.3) is 0 Å². The van der Waals surface area contributed by atoms with E-state index in [9.17, 15) is 0 Å². The fourth-order valence-electron chi connectivity index (χ4n) is 2.41. The number of hydrogen-bond acceptors (Lipinski definition) is 2. The molecule has 0 saturated heterocycles. The van der Waals surface area contributed by atoms with Crippen LogP contribution in [0.2, 0.25) is 0 Å². The molecule has 2 aromatic rings. The van der Waals surface area contributed by atoms with E-state index in [0.29, 0.717) is 5.92 Å². The highest BCUT2D eigenvalue weighted by molar-refractivity contribution is 5.78. The maximum Gasteiger partial charge on any atom is 0.134 e. The second kappa shape index (κ2) is 4.19. The van der Waals surface area contributed by atoms with Crippen molar-refractivity contribution in [2.45, 2.75) is 38.6 Å². The van der Waals surface area contributed by atoms with Crippen LogP contribution in [-0.2, 0) is 6.42 Å². The molecule has 3 rings (SSSR count). The Morgan fingerprint density at radius 2 is 2.18 bits per heavy atom. The van der Waals surface area contributed by atoms with Gasteiger partial charge in [-0.2, -0.15) is 0 Å². The number of hydrogen-bond donors (Lipinski definition) is 1. The molecule has 0 bridgehead atoms. The lowest BCUT2D eigenvalue weighted by atomic mass is 10.1. The monoisotopic (exact) mass is 229 g/mol. The zero-order valence-electron chi connectivity index (χ0n) is 10.3. The van der Waals surface area contributed by atoms with E-state index < -0.39 is 0 Å². The fourth-order valence-corrected chi connectivity index (χ4v) is 2.41. The first kappa shape index (κ1) is 10.8. The van der Waals surface area contributed by atoms with Gasteiger partial charge in [-0.3, -0.25) is 0 Å². The highest BCUT2D eigenvalue weighted by Gasteiger charge is 2.31. The van der Waals surface area contributed by atoms with Crippen molar-refractivity contribution in [2.75, 3.05) is 0 Å². The summed E-state index contributed by atoms with van der Waals surface area (Å²) >= 11 is 0. The summed E-state index contributed by atoms with van der Waals surface area (Å²) in [5, 5.41) is 1.20. The van der Waals surface area contributed by atoms with Crippen LogP contribution in [0.5, 0.6) is 0 Å². The zero-order valence-corrected chi connectivity index (χ0v) is 10.3. The van der Waals surface area contributed by atoms with Gasteiger partial charge in [0.05, 0.1) is 6.04 Å². The first-order valence-electron chi connectivity index (χ1n) is 6.56. The van der Waals surface area contributed by atoms with Crippen molar-refractivity contribution in [3.8, 4) is 0 Å². The summed E-state index contributed by atoms with van der Waals surface area (Å²) < 4.78 is 5.84. The Morgan fingerprint density at radius 1 is 1.35 bits per heavy atom. The van der Waals surface area contributed by atoms with Gasteiger partial charge in [-0.1, -0.05) is 19.4 Å². The first-order valence-corrected chi connectivity index (χ1v) is 6.56. The molecule has 90 valence electrons. The molecule has 1 unspecified atom stereocenters. The number of nitrogens with two attached hydrogens (primary N) is 1. The van der Waals surface area contributed by atoms with Crippen molar-refractivity contribution < 1.29 is 4.42 Å². The lowest BCUT2D eigenvalue weighted by molar-refractivity contribution is 0.467. The van der Waals surface area contributed by atoms with Gasteiger partial charge in [0.1, 0.15) is 11.3 Å². The third-order valence-corrected chi connectivity index (χ3v) is 3.60. The van der Waals surface area contributed by atoms with Crippen molar-refractivity contribution in [2.24, 2.45) is 11.7 Å². The normalized spacial score (nSPS) is 17.5. The molecule has 1 aliphatic carbocycles. The van der Waals surface area contributed by atoms with E-state index in [1.54, 1.807) is 0 Å². The van der Waals surface area contributed by atoms with Gasteiger partial charge in [-0.05, 0) is 48.9 Å². The van der Waals surface area contributed by atoms with E-state index in [-0.39, 0.29) is 6.04 Å². The molecule has 17 heavy (non-hydrogen) atoms. The van der Waals surface area contributed by atoms with E-state index in [0.717, 1.165) is 17.8 Å². The molecule has 1 atom stereocenters. The Kier molecular flexibility index (Phi) is 2.67. The molecule has 1 saturated carbocycles. The van der Waals surface area contributed by atoms with Crippen LogP contribution in [0.1, 0.15) is 43.6 Å². The molecule has 0 aliphatic heterocycles. The number of rotatable bonds is 4. The Hall–Kier alpha value is -1.28. The molecule has 0 spiro atoms. The number of furan rings is 1. The van der Waals surface area contributed by atoms with Crippen molar-refractivity contribution >= 4 is 11.0 Å². The molecule has 2 nitrogen and oxygen atoms in total. The maximum absolute atomic E-state index is 6.17. The van der Waals surface area contributed by atoms with Crippen molar-refractivity contribution in [1.82, 2.24) is 0 Å². The fraction of sp³-hybridized carbons (Fsp3) is 0.467. The lowest BCUT2D eigenvalue weighted by Crippen LogP contribution is -2.10. The van der Waals surface area contributed by atoms with E-state index in [4.69, 9.17) is 10.2 Å². The summed E-state index contributed by atoms with van der Waals surface area (Å²) in [7, 11) is 0. The molecule has 1 aromatic carbocycles. The second-order valence-corrected chi connectivity index (χ2v) is 5.13. The third-order valence-electron chi connectivity index (χ3n) is 3.60. The number of benzene rings is 1. The predicted octanol–water partition coefficient (Wildman–Crippen LogP) is 3.80. The minimum atomic E-state index is 0.0945. The van der Waals surface area contributed by atoms with Gasteiger partial charge in [0.15, 0.2) is 0 Å². The minimum Gasteiger partial charge on any atom is -0.459 e. The minimum absolute atomic E-state index is 0.0945. The molecule has 2 N–H and O–H groups in total. The number of aryl methyl sites for hydroxylation is 1. The predicted molar refractivity (Wildman–Crippen MR) is 69.9 cm³/mol. The van der Waals surface area contributed by atoms with Crippen LogP contribution in [0.25, 0.3) is 11.0 Å². The average molecular weight is 229 g/mol. The van der Waals surface area contributed by atoms with E-state index >= 15 is 0 Å². The third kappa shape index (κ3) is 2.09. The molecule has 1 fully saturated rings. The number of fused-ring (bicyclic) bond motifs is 1. The maximum atomic E-state index is 6.17. The van der Waals surface area contributed by atoms with Crippen LogP contribution < -0.4 is 5.73 Å². The smallest absolute Gasteiger partial charge is 0.134 e. The molecule has 1 heterocycles. The Morgan fingerprint density at radius 3 is 2.88 bits per heavy atom. The van der Waals surface area contributed by atoms with E-state index in [1.165, 1.54) is 30.2 Å². The lowest BCUT2D eigenvalue weighted by Gasteiger charge is -2.04. The summed E-state index contributed by atoms with van der Waals surface area (Å²) in [6.45, 7) is 2.20. The Balaban J connectivity index is 1.94. The molecule has 0 radical (unpaired) electrons. The van der Waals surface area contributed by atoms with Gasteiger partial charge in [-0.15, -0.1) is 0 Å². The van der Waals surface area contributed by atoms with E-state index in [1.807, 2.05) is 0 Å². The molecule has 0 amide bonds. The Labute approximate surface area is 102 Å². The van der Waals surface area contributed by atoms with Crippen LogP contribution in [0.15, 0.2) is 28.7 Å². The van der Waals surface area contributed by atoms with E-state index in [2.05, 4.69) is 31.2 Å². The van der Waals surface area contributed by atoms with Crippen LogP contribution in [0.4, 0.5) is 0 Å². The quantitative estimate of drug-likeness (QED) is 0.866. The summed E-state index contributed by atoms with van der Waals surface area (Å²) in [6, 6.07) is 8.67. The molecule has 1 aromatic heterocycles. The van der Waals surface area contributed by atoms with Gasteiger partial charge in [0.2, 0.25) is 0 Å². The highest BCUT2D eigenvalue weighted by Crippen LogP contribution is 2.40. The second-order valence-electron chi connectivity index (χ2n) is 5.13. The van der Waals surface area contributed by atoms with Gasteiger partial charge in [-0.25, -0.2) is 0 Å². The summed E-state index contributed by atoms with van der Waals surface area (Å²) in [6.07, 6.45) is 4.81. The van der Waals surface area contributed by atoms with Crippen molar-refractivity contribution in [1.29, 1.82) is 0 Å². The van der Waals surface area contributed by atoms with Crippen LogP contribution in [0.3, 0.4) is 0 Å². The standard InChI is InChI=1S/C15H19NO/c1-2-3-10-4-7-13-12(8-10)9-14(17-13)15(16)11-5-6-11/h4,7-9,11,15H,2-3,5-6,16H2,1H3. The zero-order chi connectivity index (χ0) is 11.8. The van der Waals surface area contributed by atoms with Gasteiger partial charge < -0.3 is 10.2 Å². The van der Waals surface area contributed by atoms with Crippen molar-refractivity contribution in [3.63, 3.8) is 0 Å². The molecule has 2 heteroatoms. The highest BCUT2D eigenvalue weighted by atomic mass is 16.3. The van der Waals surface area contributed by atoms with Crippen LogP contribution in [0, 0.1) is 5.92 Å². The summed E-state index contributed by atoms with van der Waals surface area (Å²) in [4.78, 5) is 0. The van der Waals surface area contributed by atoms with Gasteiger partial charge >= 0.3 is 0 Å². The topological polar surface area (TPSA) is 39.2 Å². The molecular weight excluding hydrogens is 210 g/mol. The van der Waals surface area contributed by atoms with Crippen molar-refractivity contribution in [3.05, 3.63) is 35.6 Å². The van der Waals surface area contributed by atoms with Crippen LogP contribution >= 0.6 is 0 Å². The summed E-state index contributed by atoms with van der Waals surface area (Å²) in [5.74, 6) is 1.60. The SMILES string of the molecule is CCCc1ccc2oc(C(N)C3CC3)cc2c1. The van der Waals surface area contributed by atoms with Crippen LogP contribution in [-0.4, -0.2) is 0 Å². The Bertz CT molecular complexity index is 525. The first-order chi connectivity index (χ1) is 8.28. The van der Waals surface area contributed by atoms with Gasteiger partial charge in [0, 0.05) is 5.39 Å². The average Bonchev–Trinajstić information content (AvgIpc) is 3.08. The molecular formula is C15H19NO. The molecule has 1 aliphatic rings.